The van der Waals surface area contributed by atoms with Crippen LogP contribution in [0.25, 0.3) is 80.4 Å². The molecule has 50 heavy (non-hydrogen) atoms. The second-order valence-electron chi connectivity index (χ2n) is 12.9. The number of hydrogen-bond donors (Lipinski definition) is 0. The Morgan fingerprint density at radius 3 is 1.98 bits per heavy atom. The third kappa shape index (κ3) is 3.97. The van der Waals surface area contributed by atoms with Gasteiger partial charge in [-0.05, 0) is 89.6 Å². The first-order valence-electron chi connectivity index (χ1n) is 16.9. The molecule has 0 aliphatic carbocycles. The van der Waals surface area contributed by atoms with E-state index in [0.717, 1.165) is 50.2 Å². The zero-order valence-electron chi connectivity index (χ0n) is 26.9. The van der Waals surface area contributed by atoms with Crippen molar-refractivity contribution in [3.05, 3.63) is 170 Å². The molecular weight excluding hydrogens is 629 g/mol. The number of nitrogens with zero attached hydrogens (tertiary/aromatic N) is 2. The molecule has 0 fully saturated rings. The van der Waals surface area contributed by atoms with Crippen LogP contribution in [0.3, 0.4) is 0 Å². The van der Waals surface area contributed by atoms with E-state index in [9.17, 15) is 0 Å². The van der Waals surface area contributed by atoms with Crippen LogP contribution >= 0.6 is 11.3 Å². The van der Waals surface area contributed by atoms with Gasteiger partial charge in [0.1, 0.15) is 11.2 Å². The van der Waals surface area contributed by atoms with Crippen molar-refractivity contribution in [1.82, 2.24) is 4.57 Å². The molecule has 234 valence electrons. The molecule has 0 amide bonds. The highest BCUT2D eigenvalue weighted by Gasteiger charge is 2.24. The Morgan fingerprint density at radius 2 is 1.10 bits per heavy atom. The van der Waals surface area contributed by atoms with Crippen molar-refractivity contribution in [2.45, 2.75) is 0 Å². The third-order valence-corrected chi connectivity index (χ3v) is 11.3. The molecule has 0 aliphatic rings. The number of hydrogen-bond acceptors (Lipinski definition) is 3. The molecule has 3 aromatic heterocycles. The molecule has 0 atom stereocenters. The molecule has 3 heterocycles. The minimum Gasteiger partial charge on any atom is -0.456 e. The Bertz CT molecular complexity index is 3110. The van der Waals surface area contributed by atoms with E-state index in [0.29, 0.717) is 0 Å². The van der Waals surface area contributed by atoms with Crippen LogP contribution in [0.5, 0.6) is 0 Å². The summed E-state index contributed by atoms with van der Waals surface area (Å²) in [6, 6.07) is 61.3. The van der Waals surface area contributed by atoms with Gasteiger partial charge in [-0.1, -0.05) is 91.0 Å². The van der Waals surface area contributed by atoms with Gasteiger partial charge in [-0.15, -0.1) is 11.3 Å². The number of anilines is 3. The number of aromatic nitrogens is 1. The summed E-state index contributed by atoms with van der Waals surface area (Å²) in [5, 5.41) is 9.72. The Labute approximate surface area is 291 Å². The van der Waals surface area contributed by atoms with Crippen molar-refractivity contribution in [3.63, 3.8) is 0 Å². The smallest absolute Gasteiger partial charge is 0.137 e. The summed E-state index contributed by atoms with van der Waals surface area (Å²) < 4.78 is 11.4. The average molecular weight is 657 g/mol. The van der Waals surface area contributed by atoms with E-state index < -0.39 is 0 Å². The van der Waals surface area contributed by atoms with Gasteiger partial charge in [0.25, 0.3) is 0 Å². The SMILES string of the molecule is c1ccc(-n2c3ccccc3c3c(N(c4ccc5sc6cc7ccccc7cc6c5c4)c4cccc5oc6ccccc6c45)cccc32)cc1. The molecular formula is C46H28N2OS. The van der Waals surface area contributed by atoms with E-state index in [-0.39, 0.29) is 0 Å². The summed E-state index contributed by atoms with van der Waals surface area (Å²) >= 11 is 1.86. The molecule has 0 bridgehead atoms. The van der Waals surface area contributed by atoms with Gasteiger partial charge in [-0.3, -0.25) is 0 Å². The minimum absolute atomic E-state index is 0.876. The first-order chi connectivity index (χ1) is 24.8. The van der Waals surface area contributed by atoms with E-state index in [1.165, 1.54) is 47.2 Å². The van der Waals surface area contributed by atoms with Crippen molar-refractivity contribution in [2.24, 2.45) is 0 Å². The maximum absolute atomic E-state index is 6.46. The minimum atomic E-state index is 0.876. The maximum atomic E-state index is 6.46. The summed E-state index contributed by atoms with van der Waals surface area (Å²) in [6.07, 6.45) is 0. The van der Waals surface area contributed by atoms with E-state index >= 15 is 0 Å². The van der Waals surface area contributed by atoms with Crippen LogP contribution in [-0.2, 0) is 0 Å². The quantitative estimate of drug-likeness (QED) is 0.188. The number of rotatable bonds is 4. The third-order valence-electron chi connectivity index (χ3n) is 10.1. The molecule has 3 nitrogen and oxygen atoms in total. The molecule has 0 saturated heterocycles. The molecule has 0 radical (unpaired) electrons. The summed E-state index contributed by atoms with van der Waals surface area (Å²) in [5.74, 6) is 0. The summed E-state index contributed by atoms with van der Waals surface area (Å²) in [4.78, 5) is 2.46. The van der Waals surface area contributed by atoms with Crippen molar-refractivity contribution in [3.8, 4) is 5.69 Å². The summed E-state index contributed by atoms with van der Waals surface area (Å²) in [7, 11) is 0. The Hall–Kier alpha value is -6.36. The molecule has 8 aromatic carbocycles. The zero-order chi connectivity index (χ0) is 32.8. The van der Waals surface area contributed by atoms with Crippen LogP contribution in [-0.4, -0.2) is 4.57 Å². The standard InChI is InChI=1S/C46H28N2OS/c1-2-14-31(15-3-1)47-37-18-8-6-16-33(37)45-38(47)19-10-20-39(45)48(40-21-11-23-42-46(40)34-17-7-9-22-41(34)49-42)32-24-25-43-36(28-32)35-26-29-12-4-5-13-30(29)27-44(35)50-43/h1-28H. The predicted octanol–water partition coefficient (Wildman–Crippen LogP) is 13.7. The second-order valence-corrected chi connectivity index (χ2v) is 14.0. The average Bonchev–Trinajstić information content (AvgIpc) is 3.84. The predicted molar refractivity (Wildman–Crippen MR) is 213 cm³/mol. The number of fused-ring (bicyclic) bond motifs is 10. The lowest BCUT2D eigenvalue weighted by atomic mass is 10.0. The van der Waals surface area contributed by atoms with Gasteiger partial charge in [-0.25, -0.2) is 0 Å². The molecule has 0 spiro atoms. The van der Waals surface area contributed by atoms with Gasteiger partial charge >= 0.3 is 0 Å². The highest BCUT2D eigenvalue weighted by atomic mass is 32.1. The molecule has 0 unspecified atom stereocenters. The highest BCUT2D eigenvalue weighted by molar-refractivity contribution is 7.25. The van der Waals surface area contributed by atoms with Crippen LogP contribution in [0.2, 0.25) is 0 Å². The van der Waals surface area contributed by atoms with E-state index in [1.54, 1.807) is 0 Å². The lowest BCUT2D eigenvalue weighted by Crippen LogP contribution is -2.10. The van der Waals surface area contributed by atoms with Crippen LogP contribution in [0.15, 0.2) is 174 Å². The molecule has 11 rings (SSSR count). The molecule has 0 aliphatic heterocycles. The van der Waals surface area contributed by atoms with E-state index in [4.69, 9.17) is 4.42 Å². The fraction of sp³-hybridized carbons (Fsp3) is 0. The zero-order valence-corrected chi connectivity index (χ0v) is 27.7. The van der Waals surface area contributed by atoms with Crippen LogP contribution in [0.1, 0.15) is 0 Å². The fourth-order valence-electron chi connectivity index (χ4n) is 7.98. The highest BCUT2D eigenvalue weighted by Crippen LogP contribution is 2.48. The first-order valence-corrected chi connectivity index (χ1v) is 17.7. The second kappa shape index (κ2) is 10.6. The number of benzene rings is 8. The van der Waals surface area contributed by atoms with Gasteiger partial charge < -0.3 is 13.9 Å². The number of furan rings is 1. The van der Waals surface area contributed by atoms with Gasteiger partial charge in [0.05, 0.1) is 27.8 Å². The largest absolute Gasteiger partial charge is 0.456 e. The summed E-state index contributed by atoms with van der Waals surface area (Å²) in [6.45, 7) is 0. The monoisotopic (exact) mass is 656 g/mol. The Balaban J connectivity index is 1.26. The normalized spacial score (nSPS) is 12.0. The molecule has 11 aromatic rings. The van der Waals surface area contributed by atoms with Crippen molar-refractivity contribution in [2.75, 3.05) is 4.90 Å². The fourth-order valence-corrected chi connectivity index (χ4v) is 9.10. The number of thiophene rings is 1. The van der Waals surface area contributed by atoms with Gasteiger partial charge in [0.15, 0.2) is 0 Å². The lowest BCUT2D eigenvalue weighted by molar-refractivity contribution is 0.669. The van der Waals surface area contributed by atoms with Crippen LogP contribution in [0.4, 0.5) is 17.1 Å². The van der Waals surface area contributed by atoms with Crippen molar-refractivity contribution < 1.29 is 4.42 Å². The summed E-state index contributed by atoms with van der Waals surface area (Å²) in [5.41, 5.74) is 8.56. The van der Waals surface area contributed by atoms with Gasteiger partial charge in [0.2, 0.25) is 0 Å². The van der Waals surface area contributed by atoms with Crippen LogP contribution in [0, 0.1) is 0 Å². The van der Waals surface area contributed by atoms with Crippen molar-refractivity contribution in [1.29, 1.82) is 0 Å². The van der Waals surface area contributed by atoms with Crippen LogP contribution < -0.4 is 4.90 Å². The van der Waals surface area contributed by atoms with Crippen molar-refractivity contribution >= 4 is 103 Å². The van der Waals surface area contributed by atoms with Gasteiger partial charge in [-0.2, -0.15) is 0 Å². The molecule has 0 saturated carbocycles. The number of para-hydroxylation sites is 3. The Morgan fingerprint density at radius 1 is 0.440 bits per heavy atom. The molecule has 0 N–H and O–H groups in total. The maximum Gasteiger partial charge on any atom is 0.137 e. The molecule has 4 heteroatoms. The first kappa shape index (κ1) is 27.6. The topological polar surface area (TPSA) is 21.3 Å². The van der Waals surface area contributed by atoms with E-state index in [1.807, 2.05) is 17.4 Å². The Kier molecular flexibility index (Phi) is 5.83. The van der Waals surface area contributed by atoms with E-state index in [2.05, 4.69) is 173 Å². The lowest BCUT2D eigenvalue weighted by Gasteiger charge is -2.27. The van der Waals surface area contributed by atoms with Gasteiger partial charge in [0, 0.05) is 47.7 Å².